The van der Waals surface area contributed by atoms with E-state index in [-0.39, 0.29) is 36.5 Å². The van der Waals surface area contributed by atoms with Gasteiger partial charge in [0.25, 0.3) is 0 Å². The predicted molar refractivity (Wildman–Crippen MR) is 169 cm³/mol. The van der Waals surface area contributed by atoms with E-state index in [0.717, 1.165) is 33.6 Å². The van der Waals surface area contributed by atoms with Gasteiger partial charge in [-0.15, -0.1) is 0 Å². The van der Waals surface area contributed by atoms with E-state index in [1.165, 1.54) is 12.1 Å². The number of hydrogen-bond donors (Lipinski definition) is 1. The minimum atomic E-state index is -0.924. The summed E-state index contributed by atoms with van der Waals surface area (Å²) < 4.78 is 28.6. The molecule has 1 saturated heterocycles. The summed E-state index contributed by atoms with van der Waals surface area (Å²) in [6.07, 6.45) is 0.463. The molecular formula is C37H40FNO5. The molecule has 0 aliphatic carbocycles. The van der Waals surface area contributed by atoms with E-state index < -0.39 is 17.9 Å². The lowest BCUT2D eigenvalue weighted by Gasteiger charge is -2.40. The molecule has 0 bridgehead atoms. The third kappa shape index (κ3) is 7.17. The largest absolute Gasteiger partial charge is 0.481 e. The fourth-order valence-electron chi connectivity index (χ4n) is 6.40. The summed E-state index contributed by atoms with van der Waals surface area (Å²) >= 11 is 0. The highest BCUT2D eigenvalue weighted by atomic mass is 19.1. The molecule has 2 atom stereocenters. The highest BCUT2D eigenvalue weighted by Gasteiger charge is 2.37. The van der Waals surface area contributed by atoms with Crippen molar-refractivity contribution < 1.29 is 28.6 Å². The van der Waals surface area contributed by atoms with Crippen molar-refractivity contribution in [1.82, 2.24) is 4.57 Å². The maximum absolute atomic E-state index is 14.4. The monoisotopic (exact) mass is 597 g/mol. The number of halogens is 1. The number of aliphatic carboxylic acids is 1. The average Bonchev–Trinajstić information content (AvgIpc) is 3.32. The van der Waals surface area contributed by atoms with Gasteiger partial charge in [0.1, 0.15) is 5.82 Å². The Balaban J connectivity index is 1.66. The van der Waals surface area contributed by atoms with Crippen molar-refractivity contribution in [3.8, 4) is 22.4 Å². The molecule has 230 valence electrons. The maximum Gasteiger partial charge on any atom is 0.305 e. The van der Waals surface area contributed by atoms with Crippen molar-refractivity contribution in [2.45, 2.75) is 83.8 Å². The maximum atomic E-state index is 14.4. The fraction of sp³-hybridized carbons (Fsp3) is 0.351. The molecule has 2 heterocycles. The topological polar surface area (TPSA) is 77.8 Å². The smallest absolute Gasteiger partial charge is 0.305 e. The van der Waals surface area contributed by atoms with Crippen molar-refractivity contribution in [3.05, 3.63) is 108 Å². The Kier molecular flexibility index (Phi) is 9.47. The summed E-state index contributed by atoms with van der Waals surface area (Å²) in [6.45, 7) is 8.30. The highest BCUT2D eigenvalue weighted by Crippen LogP contribution is 2.43. The molecule has 1 aromatic heterocycles. The summed E-state index contributed by atoms with van der Waals surface area (Å²) in [5.41, 5.74) is 5.92. The molecule has 0 amide bonds. The van der Waals surface area contributed by atoms with Crippen molar-refractivity contribution in [1.29, 1.82) is 0 Å². The highest BCUT2D eigenvalue weighted by molar-refractivity contribution is 6.08. The van der Waals surface area contributed by atoms with Crippen LogP contribution in [0.3, 0.4) is 0 Å². The summed E-state index contributed by atoms with van der Waals surface area (Å²) in [6, 6.07) is 26.1. The number of carboxylic acid groups (broad SMARTS) is 1. The Bertz CT molecular complexity index is 1590. The molecule has 7 heteroatoms. The van der Waals surface area contributed by atoms with Gasteiger partial charge in [-0.05, 0) is 67.1 Å². The standard InChI is InChI=1S/C37H40FNO5/c1-24(2)35-34(31(40)21-25-11-7-5-8-12-25)33(26-13-9-6-10-14-26)36(27-15-17-28(38)18-16-27)39(35)20-19-29-22-30(23-32(41)42)44-37(3,4)43-29/h5-18,24,29-30H,19-23H2,1-4H3,(H,41,42)/t29-,30-/m1/s1. The van der Waals surface area contributed by atoms with Crippen LogP contribution in [0.1, 0.15) is 74.5 Å². The van der Waals surface area contributed by atoms with Crippen LogP contribution in [0.5, 0.6) is 0 Å². The van der Waals surface area contributed by atoms with Gasteiger partial charge in [-0.1, -0.05) is 74.5 Å². The number of ketones is 1. The summed E-state index contributed by atoms with van der Waals surface area (Å²) in [5.74, 6) is -2.16. The third-order valence-electron chi connectivity index (χ3n) is 8.02. The van der Waals surface area contributed by atoms with Crippen LogP contribution in [0.15, 0.2) is 84.9 Å². The first-order valence-corrected chi connectivity index (χ1v) is 15.2. The summed E-state index contributed by atoms with van der Waals surface area (Å²) in [7, 11) is 0. The minimum absolute atomic E-state index is 0.00630. The number of ether oxygens (including phenoxy) is 2. The molecule has 1 aliphatic heterocycles. The number of aromatic nitrogens is 1. The fourth-order valence-corrected chi connectivity index (χ4v) is 6.40. The van der Waals surface area contributed by atoms with Gasteiger partial charge in [-0.2, -0.15) is 0 Å². The number of benzene rings is 3. The zero-order valence-corrected chi connectivity index (χ0v) is 25.8. The summed E-state index contributed by atoms with van der Waals surface area (Å²) in [5, 5.41) is 9.43. The number of nitrogens with zero attached hydrogens (tertiary/aromatic N) is 1. The number of hydrogen-bond acceptors (Lipinski definition) is 4. The number of carbonyl (C=O) groups excluding carboxylic acids is 1. The lowest BCUT2D eigenvalue weighted by atomic mass is 9.90. The number of carbonyl (C=O) groups is 2. The molecule has 44 heavy (non-hydrogen) atoms. The normalized spacial score (nSPS) is 18.0. The molecule has 0 unspecified atom stereocenters. The second-order valence-electron chi connectivity index (χ2n) is 12.3. The molecule has 5 rings (SSSR count). The zero-order valence-electron chi connectivity index (χ0n) is 25.8. The van der Waals surface area contributed by atoms with Gasteiger partial charge >= 0.3 is 5.97 Å². The van der Waals surface area contributed by atoms with E-state index in [9.17, 15) is 19.1 Å². The van der Waals surface area contributed by atoms with Gasteiger partial charge in [-0.25, -0.2) is 4.39 Å². The van der Waals surface area contributed by atoms with Gasteiger partial charge in [0.15, 0.2) is 11.6 Å². The molecule has 4 aromatic rings. The lowest BCUT2D eigenvalue weighted by molar-refractivity contribution is -0.300. The first kappa shape index (κ1) is 31.4. The molecule has 1 aliphatic rings. The van der Waals surface area contributed by atoms with Crippen molar-refractivity contribution in [2.75, 3.05) is 0 Å². The third-order valence-corrected chi connectivity index (χ3v) is 8.02. The van der Waals surface area contributed by atoms with E-state index in [0.29, 0.717) is 24.9 Å². The summed E-state index contributed by atoms with van der Waals surface area (Å²) in [4.78, 5) is 25.8. The van der Waals surface area contributed by atoms with Crippen LogP contribution < -0.4 is 0 Å². The molecular weight excluding hydrogens is 557 g/mol. The second-order valence-corrected chi connectivity index (χ2v) is 12.3. The first-order chi connectivity index (χ1) is 21.0. The van der Waals surface area contributed by atoms with Crippen molar-refractivity contribution in [2.24, 2.45) is 0 Å². The molecule has 0 radical (unpaired) electrons. The number of rotatable bonds is 11. The van der Waals surface area contributed by atoms with E-state index in [4.69, 9.17) is 9.47 Å². The molecule has 0 spiro atoms. The Hall–Kier alpha value is -4.07. The van der Waals surface area contributed by atoms with Gasteiger partial charge in [0, 0.05) is 36.2 Å². The van der Waals surface area contributed by atoms with Gasteiger partial charge in [0.05, 0.1) is 24.3 Å². The quantitative estimate of drug-likeness (QED) is 0.176. The van der Waals surface area contributed by atoms with Crippen molar-refractivity contribution >= 4 is 11.8 Å². The number of carboxylic acids is 1. The Morgan fingerprint density at radius 1 is 0.909 bits per heavy atom. The van der Waals surface area contributed by atoms with Crippen LogP contribution in [0, 0.1) is 5.82 Å². The molecule has 6 nitrogen and oxygen atoms in total. The van der Waals surface area contributed by atoms with E-state index in [1.54, 1.807) is 26.0 Å². The molecule has 1 N–H and O–H groups in total. The van der Waals surface area contributed by atoms with E-state index in [2.05, 4.69) is 18.4 Å². The Labute approximate surface area is 258 Å². The minimum Gasteiger partial charge on any atom is -0.481 e. The SMILES string of the molecule is CC(C)c1c(C(=O)Cc2ccccc2)c(-c2ccccc2)c(-c2ccc(F)cc2)n1CC[C@@H]1C[C@H](CC(=O)O)OC(C)(C)O1. The Morgan fingerprint density at radius 3 is 2.14 bits per heavy atom. The molecule has 1 fully saturated rings. The van der Waals surface area contributed by atoms with E-state index >= 15 is 0 Å². The Morgan fingerprint density at radius 2 is 1.52 bits per heavy atom. The van der Waals surface area contributed by atoms with Gasteiger partial charge < -0.3 is 19.1 Å². The van der Waals surface area contributed by atoms with Crippen LogP contribution in [0.25, 0.3) is 22.4 Å². The van der Waals surface area contributed by atoms with Crippen LogP contribution >= 0.6 is 0 Å². The van der Waals surface area contributed by atoms with Crippen LogP contribution in [-0.2, 0) is 27.2 Å². The van der Waals surface area contributed by atoms with Gasteiger partial charge in [0.2, 0.25) is 0 Å². The lowest BCUT2D eigenvalue weighted by Crippen LogP contribution is -2.45. The molecule has 3 aromatic carbocycles. The van der Waals surface area contributed by atoms with Gasteiger partial charge in [-0.3, -0.25) is 9.59 Å². The van der Waals surface area contributed by atoms with E-state index in [1.807, 2.05) is 60.7 Å². The predicted octanol–water partition coefficient (Wildman–Crippen LogP) is 8.29. The van der Waals surface area contributed by atoms with Crippen LogP contribution in [-0.4, -0.2) is 39.4 Å². The average molecular weight is 598 g/mol. The molecule has 0 saturated carbocycles. The van der Waals surface area contributed by atoms with Crippen LogP contribution in [0.4, 0.5) is 4.39 Å². The number of Topliss-reactive ketones (excluding diaryl/α,β-unsaturated/α-hetero) is 1. The van der Waals surface area contributed by atoms with Crippen molar-refractivity contribution in [3.63, 3.8) is 0 Å². The van der Waals surface area contributed by atoms with Crippen LogP contribution in [0.2, 0.25) is 0 Å². The zero-order chi connectivity index (χ0) is 31.4. The second kappa shape index (κ2) is 13.3. The first-order valence-electron chi connectivity index (χ1n) is 15.2.